The Balaban J connectivity index is 1.82. The van der Waals surface area contributed by atoms with Crippen LogP contribution < -0.4 is 5.32 Å². The van der Waals surface area contributed by atoms with E-state index in [2.05, 4.69) is 21.4 Å². The van der Waals surface area contributed by atoms with Crippen LogP contribution in [0.5, 0.6) is 0 Å². The zero-order valence-electron chi connectivity index (χ0n) is 10.6. The van der Waals surface area contributed by atoms with Gasteiger partial charge in [0.2, 0.25) is 0 Å². The van der Waals surface area contributed by atoms with Crippen LogP contribution in [0.1, 0.15) is 11.1 Å². The fourth-order valence-electron chi connectivity index (χ4n) is 2.11. The van der Waals surface area contributed by atoms with Crippen LogP contribution in [0.4, 0.5) is 5.69 Å². The van der Waals surface area contributed by atoms with Gasteiger partial charge in [0.15, 0.2) is 0 Å². The second-order valence-electron chi connectivity index (χ2n) is 4.55. The SMILES string of the molecule is Cc1ccc(NCc2c[nH]c3ncccc23)c(Cl)c1. The minimum absolute atomic E-state index is 0.717. The number of nitrogens with zero attached hydrogens (tertiary/aromatic N) is 1. The molecule has 19 heavy (non-hydrogen) atoms. The summed E-state index contributed by atoms with van der Waals surface area (Å²) < 4.78 is 0. The van der Waals surface area contributed by atoms with Gasteiger partial charge in [-0.3, -0.25) is 0 Å². The summed E-state index contributed by atoms with van der Waals surface area (Å²) in [5, 5.41) is 5.24. The van der Waals surface area contributed by atoms with Crippen molar-refractivity contribution < 1.29 is 0 Å². The maximum Gasteiger partial charge on any atom is 0.137 e. The second-order valence-corrected chi connectivity index (χ2v) is 4.96. The largest absolute Gasteiger partial charge is 0.380 e. The molecule has 0 aliphatic rings. The predicted molar refractivity (Wildman–Crippen MR) is 79.6 cm³/mol. The lowest BCUT2D eigenvalue weighted by Crippen LogP contribution is -1.99. The standard InChI is InChI=1S/C15H14ClN3/c1-10-4-5-14(13(16)7-10)18-8-11-9-19-15-12(11)3-2-6-17-15/h2-7,9,18H,8H2,1H3,(H,17,19). The Hall–Kier alpha value is -2.00. The van der Waals surface area contributed by atoms with Gasteiger partial charge in [0, 0.05) is 24.3 Å². The van der Waals surface area contributed by atoms with Crippen molar-refractivity contribution in [3.8, 4) is 0 Å². The summed E-state index contributed by atoms with van der Waals surface area (Å²) in [7, 11) is 0. The third-order valence-electron chi connectivity index (χ3n) is 3.13. The minimum Gasteiger partial charge on any atom is -0.380 e. The molecule has 1 aromatic carbocycles. The van der Waals surface area contributed by atoms with Crippen LogP contribution in [0.25, 0.3) is 11.0 Å². The average molecular weight is 272 g/mol. The molecule has 0 radical (unpaired) electrons. The predicted octanol–water partition coefficient (Wildman–Crippen LogP) is 4.14. The van der Waals surface area contributed by atoms with Gasteiger partial charge in [0.1, 0.15) is 5.65 Å². The number of benzene rings is 1. The highest BCUT2D eigenvalue weighted by molar-refractivity contribution is 6.33. The molecule has 2 heterocycles. The van der Waals surface area contributed by atoms with E-state index in [0.29, 0.717) is 6.54 Å². The van der Waals surface area contributed by atoms with E-state index in [0.717, 1.165) is 27.3 Å². The molecule has 3 nitrogen and oxygen atoms in total. The van der Waals surface area contributed by atoms with E-state index in [1.807, 2.05) is 37.4 Å². The maximum absolute atomic E-state index is 6.21. The second kappa shape index (κ2) is 4.94. The van der Waals surface area contributed by atoms with Gasteiger partial charge in [-0.05, 0) is 42.3 Å². The zero-order chi connectivity index (χ0) is 13.2. The number of fused-ring (bicyclic) bond motifs is 1. The van der Waals surface area contributed by atoms with Crippen molar-refractivity contribution in [1.29, 1.82) is 0 Å². The minimum atomic E-state index is 0.717. The van der Waals surface area contributed by atoms with E-state index >= 15 is 0 Å². The Morgan fingerprint density at radius 2 is 2.21 bits per heavy atom. The number of anilines is 1. The van der Waals surface area contributed by atoms with Crippen LogP contribution in [-0.2, 0) is 6.54 Å². The number of nitrogens with one attached hydrogen (secondary N) is 2. The molecule has 0 amide bonds. The third kappa shape index (κ3) is 2.42. The summed E-state index contributed by atoms with van der Waals surface area (Å²) in [6.07, 6.45) is 3.76. The molecule has 3 aromatic rings. The lowest BCUT2D eigenvalue weighted by molar-refractivity contribution is 1.16. The third-order valence-corrected chi connectivity index (χ3v) is 3.44. The van der Waals surface area contributed by atoms with Crippen LogP contribution in [0.15, 0.2) is 42.7 Å². The Kier molecular flexibility index (Phi) is 3.13. The highest BCUT2D eigenvalue weighted by Crippen LogP contribution is 2.24. The number of aromatic amines is 1. The van der Waals surface area contributed by atoms with Crippen LogP contribution in [0.2, 0.25) is 5.02 Å². The molecule has 4 heteroatoms. The summed E-state index contributed by atoms with van der Waals surface area (Å²) in [6.45, 7) is 2.75. The van der Waals surface area contributed by atoms with E-state index in [-0.39, 0.29) is 0 Å². The van der Waals surface area contributed by atoms with Gasteiger partial charge in [-0.1, -0.05) is 17.7 Å². The number of pyridine rings is 1. The van der Waals surface area contributed by atoms with Crippen molar-refractivity contribution in [2.24, 2.45) is 0 Å². The normalized spacial score (nSPS) is 10.8. The quantitative estimate of drug-likeness (QED) is 0.752. The van der Waals surface area contributed by atoms with Crippen LogP contribution in [0, 0.1) is 6.92 Å². The number of H-pyrrole nitrogens is 1. The summed E-state index contributed by atoms with van der Waals surface area (Å²) in [4.78, 5) is 7.44. The van der Waals surface area contributed by atoms with E-state index in [4.69, 9.17) is 11.6 Å². The number of rotatable bonds is 3. The number of aryl methyl sites for hydroxylation is 1. The average Bonchev–Trinajstić information content (AvgIpc) is 2.81. The van der Waals surface area contributed by atoms with Crippen molar-refractivity contribution in [3.05, 3.63) is 58.9 Å². The Morgan fingerprint density at radius 1 is 1.32 bits per heavy atom. The monoisotopic (exact) mass is 271 g/mol. The molecule has 96 valence electrons. The Labute approximate surface area is 116 Å². The van der Waals surface area contributed by atoms with Gasteiger partial charge < -0.3 is 10.3 Å². The number of aromatic nitrogens is 2. The van der Waals surface area contributed by atoms with Gasteiger partial charge in [0.05, 0.1) is 10.7 Å². The van der Waals surface area contributed by atoms with Crippen LogP contribution in [-0.4, -0.2) is 9.97 Å². The molecule has 0 aliphatic heterocycles. The van der Waals surface area contributed by atoms with Crippen molar-refractivity contribution in [1.82, 2.24) is 9.97 Å². The summed E-state index contributed by atoms with van der Waals surface area (Å²) in [5.74, 6) is 0. The molecule has 0 unspecified atom stereocenters. The molecular formula is C15H14ClN3. The highest BCUT2D eigenvalue weighted by Gasteiger charge is 2.05. The lowest BCUT2D eigenvalue weighted by Gasteiger charge is -2.08. The Morgan fingerprint density at radius 3 is 3.05 bits per heavy atom. The first kappa shape index (κ1) is 12.1. The number of hydrogen-bond donors (Lipinski definition) is 2. The molecule has 2 aromatic heterocycles. The van der Waals surface area contributed by atoms with E-state index in [9.17, 15) is 0 Å². The molecule has 0 aliphatic carbocycles. The molecule has 0 saturated heterocycles. The van der Waals surface area contributed by atoms with E-state index in [1.165, 1.54) is 5.56 Å². The highest BCUT2D eigenvalue weighted by atomic mass is 35.5. The fourth-order valence-corrected chi connectivity index (χ4v) is 2.41. The van der Waals surface area contributed by atoms with Gasteiger partial charge in [-0.25, -0.2) is 4.98 Å². The molecular weight excluding hydrogens is 258 g/mol. The molecule has 2 N–H and O–H groups in total. The van der Waals surface area contributed by atoms with Gasteiger partial charge in [-0.2, -0.15) is 0 Å². The summed E-state index contributed by atoms with van der Waals surface area (Å²) >= 11 is 6.21. The first-order valence-electron chi connectivity index (χ1n) is 6.15. The molecule has 0 fully saturated rings. The molecule has 3 rings (SSSR count). The van der Waals surface area contributed by atoms with E-state index in [1.54, 1.807) is 6.20 Å². The zero-order valence-corrected chi connectivity index (χ0v) is 11.3. The van der Waals surface area contributed by atoms with Gasteiger partial charge in [0.25, 0.3) is 0 Å². The lowest BCUT2D eigenvalue weighted by atomic mass is 10.2. The first-order chi connectivity index (χ1) is 9.24. The maximum atomic E-state index is 6.21. The molecule has 0 atom stereocenters. The van der Waals surface area contributed by atoms with Crippen molar-refractivity contribution in [2.75, 3.05) is 5.32 Å². The summed E-state index contributed by atoms with van der Waals surface area (Å²) in [6, 6.07) is 10.0. The van der Waals surface area contributed by atoms with Crippen molar-refractivity contribution in [2.45, 2.75) is 13.5 Å². The van der Waals surface area contributed by atoms with Crippen molar-refractivity contribution in [3.63, 3.8) is 0 Å². The molecule has 0 spiro atoms. The fraction of sp³-hybridized carbons (Fsp3) is 0.133. The molecule has 0 bridgehead atoms. The van der Waals surface area contributed by atoms with E-state index < -0.39 is 0 Å². The Bertz CT molecular complexity index is 718. The topological polar surface area (TPSA) is 40.7 Å². The number of halogens is 1. The smallest absolute Gasteiger partial charge is 0.137 e. The number of hydrogen-bond acceptors (Lipinski definition) is 2. The first-order valence-corrected chi connectivity index (χ1v) is 6.53. The van der Waals surface area contributed by atoms with Gasteiger partial charge >= 0.3 is 0 Å². The van der Waals surface area contributed by atoms with Gasteiger partial charge in [-0.15, -0.1) is 0 Å². The van der Waals surface area contributed by atoms with Crippen molar-refractivity contribution >= 4 is 28.3 Å². The van der Waals surface area contributed by atoms with Crippen LogP contribution >= 0.6 is 11.6 Å². The molecule has 0 saturated carbocycles. The van der Waals surface area contributed by atoms with Crippen LogP contribution in [0.3, 0.4) is 0 Å². The summed E-state index contributed by atoms with van der Waals surface area (Å²) in [5.41, 5.74) is 4.20.